The van der Waals surface area contributed by atoms with Crippen LogP contribution < -0.4 is 9.64 Å². The molecule has 1 aliphatic carbocycles. The molecule has 2 fully saturated rings. The molecule has 1 atom stereocenters. The van der Waals surface area contributed by atoms with Crippen molar-refractivity contribution >= 4 is 11.7 Å². The summed E-state index contributed by atoms with van der Waals surface area (Å²) in [5, 5.41) is 10.4. The van der Waals surface area contributed by atoms with E-state index in [4.69, 9.17) is 14.5 Å². The first-order valence-corrected chi connectivity index (χ1v) is 15.1. The summed E-state index contributed by atoms with van der Waals surface area (Å²) in [6, 6.07) is 8.28. The number of carboxylic acid groups (broad SMARTS) is 1. The van der Waals surface area contributed by atoms with Crippen molar-refractivity contribution in [1.29, 1.82) is 0 Å². The van der Waals surface area contributed by atoms with Crippen LogP contribution in [0.4, 0.5) is 5.69 Å². The lowest BCUT2D eigenvalue weighted by molar-refractivity contribution is -0.160. The fourth-order valence-corrected chi connectivity index (χ4v) is 6.18. The van der Waals surface area contributed by atoms with Crippen LogP contribution in [0, 0.1) is 31.1 Å². The Labute approximate surface area is 241 Å². The van der Waals surface area contributed by atoms with Crippen LogP contribution in [0.2, 0.25) is 0 Å². The van der Waals surface area contributed by atoms with E-state index >= 15 is 0 Å². The minimum Gasteiger partial charge on any atom is -0.493 e. The smallest absolute Gasteiger partial charge is 0.337 e. The van der Waals surface area contributed by atoms with Crippen molar-refractivity contribution in [2.24, 2.45) is 17.3 Å². The number of carbonyl (C=O) groups is 1. The van der Waals surface area contributed by atoms with Gasteiger partial charge in [-0.25, -0.2) is 4.79 Å². The maximum atomic E-state index is 12.7. The normalized spacial score (nSPS) is 22.1. The molecule has 1 unspecified atom stereocenters. The van der Waals surface area contributed by atoms with E-state index in [1.807, 2.05) is 46.8 Å². The molecule has 40 heavy (non-hydrogen) atoms. The summed E-state index contributed by atoms with van der Waals surface area (Å²) in [5.74, 6) is 1.35. The molecule has 6 nitrogen and oxygen atoms in total. The van der Waals surface area contributed by atoms with Gasteiger partial charge in [-0.3, -0.25) is 4.98 Å². The predicted octanol–water partition coefficient (Wildman–Crippen LogP) is 8.14. The molecule has 2 aromatic rings. The molecule has 0 spiro atoms. The standard InChI is InChI=1S/C34H50N2O4/c1-22-9-11-25(12-10-22)21-39-27-15-13-26(14-16-27)28-23(2)35-24(3)29(31(32(37)38)40-33(4,5)6)30(28)36-19-17-34(7,8)18-20-36/h13-16,22,25,31H,9-12,17-21H2,1-8H3,(H,37,38). The minimum absolute atomic E-state index is 0.261. The van der Waals surface area contributed by atoms with Gasteiger partial charge < -0.3 is 19.5 Å². The number of ether oxygens (including phenoxy) is 2. The number of hydrogen-bond acceptors (Lipinski definition) is 5. The molecule has 1 saturated heterocycles. The Morgan fingerprint density at radius 1 is 1.05 bits per heavy atom. The molecule has 4 rings (SSSR count). The van der Waals surface area contributed by atoms with Crippen LogP contribution in [0.15, 0.2) is 24.3 Å². The van der Waals surface area contributed by atoms with E-state index < -0.39 is 17.7 Å². The molecule has 0 radical (unpaired) electrons. The highest BCUT2D eigenvalue weighted by Crippen LogP contribution is 2.45. The van der Waals surface area contributed by atoms with Crippen molar-refractivity contribution in [2.45, 2.75) is 106 Å². The third kappa shape index (κ3) is 7.37. The molecule has 2 aliphatic rings. The van der Waals surface area contributed by atoms with Gasteiger partial charge in [-0.15, -0.1) is 0 Å². The van der Waals surface area contributed by atoms with Gasteiger partial charge in [0, 0.05) is 35.6 Å². The minimum atomic E-state index is -1.11. The molecule has 6 heteroatoms. The molecule has 0 amide bonds. The van der Waals surface area contributed by atoms with Crippen LogP contribution in [0.5, 0.6) is 5.75 Å². The van der Waals surface area contributed by atoms with Gasteiger partial charge in [0.25, 0.3) is 0 Å². The molecule has 220 valence electrons. The first-order chi connectivity index (χ1) is 18.7. The van der Waals surface area contributed by atoms with Crippen molar-refractivity contribution < 1.29 is 19.4 Å². The summed E-state index contributed by atoms with van der Waals surface area (Å²) in [6.45, 7) is 19.1. The summed E-state index contributed by atoms with van der Waals surface area (Å²) in [4.78, 5) is 19.9. The highest BCUT2D eigenvalue weighted by atomic mass is 16.5. The maximum absolute atomic E-state index is 12.7. The lowest BCUT2D eigenvalue weighted by Crippen LogP contribution is -2.39. The van der Waals surface area contributed by atoms with E-state index in [1.54, 1.807) is 0 Å². The lowest BCUT2D eigenvalue weighted by Gasteiger charge is -2.41. The van der Waals surface area contributed by atoms with Gasteiger partial charge >= 0.3 is 5.97 Å². The fraction of sp³-hybridized carbons (Fsp3) is 0.647. The van der Waals surface area contributed by atoms with Gasteiger partial charge in [0.15, 0.2) is 6.10 Å². The number of aromatic nitrogens is 1. The van der Waals surface area contributed by atoms with E-state index in [9.17, 15) is 9.90 Å². The summed E-state index contributed by atoms with van der Waals surface area (Å²) in [7, 11) is 0. The van der Waals surface area contributed by atoms with Gasteiger partial charge in [0.1, 0.15) is 5.75 Å². The van der Waals surface area contributed by atoms with E-state index in [1.165, 1.54) is 25.7 Å². The monoisotopic (exact) mass is 550 g/mol. The fourth-order valence-electron chi connectivity index (χ4n) is 6.18. The Kier molecular flexibility index (Phi) is 9.18. The van der Waals surface area contributed by atoms with Gasteiger partial charge in [-0.1, -0.05) is 45.7 Å². The van der Waals surface area contributed by atoms with Crippen molar-refractivity contribution in [2.75, 3.05) is 24.6 Å². The highest BCUT2D eigenvalue weighted by Gasteiger charge is 2.36. The Hall–Kier alpha value is -2.60. The summed E-state index contributed by atoms with van der Waals surface area (Å²) >= 11 is 0. The summed E-state index contributed by atoms with van der Waals surface area (Å²) in [5.41, 5.74) is 4.85. The number of benzene rings is 1. The Morgan fingerprint density at radius 3 is 2.20 bits per heavy atom. The topological polar surface area (TPSA) is 71.9 Å². The molecule has 1 N–H and O–H groups in total. The highest BCUT2D eigenvalue weighted by molar-refractivity contribution is 5.88. The van der Waals surface area contributed by atoms with Gasteiger partial charge in [-0.05, 0) is 95.2 Å². The Morgan fingerprint density at radius 2 is 1.65 bits per heavy atom. The average Bonchev–Trinajstić information content (AvgIpc) is 2.87. The number of carboxylic acids is 1. The molecule has 0 bridgehead atoms. The van der Waals surface area contributed by atoms with Crippen molar-refractivity contribution in [3.8, 4) is 16.9 Å². The molecule has 1 aliphatic heterocycles. The quantitative estimate of drug-likeness (QED) is 0.358. The van der Waals surface area contributed by atoms with Crippen LogP contribution in [-0.4, -0.2) is 41.4 Å². The zero-order valence-corrected chi connectivity index (χ0v) is 26.0. The Bertz CT molecular complexity index is 1160. The molecule has 1 aromatic heterocycles. The number of hydrogen-bond donors (Lipinski definition) is 1. The second-order valence-electron chi connectivity index (χ2n) is 14.0. The van der Waals surface area contributed by atoms with Crippen LogP contribution in [-0.2, 0) is 9.53 Å². The SMILES string of the molecule is Cc1nc(C)c(C(OC(C)(C)C)C(=O)O)c(N2CCC(C)(C)CC2)c1-c1ccc(OCC2CCC(C)CC2)cc1. The van der Waals surface area contributed by atoms with E-state index in [2.05, 4.69) is 37.8 Å². The third-order valence-electron chi connectivity index (χ3n) is 8.73. The molecule has 1 aromatic carbocycles. The van der Waals surface area contributed by atoms with Gasteiger partial charge in [0.05, 0.1) is 17.9 Å². The maximum Gasteiger partial charge on any atom is 0.337 e. The summed E-state index contributed by atoms with van der Waals surface area (Å²) < 4.78 is 12.4. The summed E-state index contributed by atoms with van der Waals surface area (Å²) in [6.07, 6.45) is 6.04. The first kappa shape index (κ1) is 30.4. The number of anilines is 1. The van der Waals surface area contributed by atoms with Crippen molar-refractivity contribution in [3.05, 3.63) is 41.2 Å². The zero-order valence-electron chi connectivity index (χ0n) is 26.0. The van der Waals surface area contributed by atoms with E-state index in [0.717, 1.165) is 66.7 Å². The number of aryl methyl sites for hydroxylation is 2. The Balaban J connectivity index is 1.73. The number of rotatable bonds is 8. The van der Waals surface area contributed by atoms with Crippen LogP contribution in [0.1, 0.15) is 103 Å². The number of aliphatic carboxylic acids is 1. The number of pyridine rings is 1. The average molecular weight is 551 g/mol. The lowest BCUT2D eigenvalue weighted by atomic mass is 9.82. The number of piperidine rings is 1. The zero-order chi connectivity index (χ0) is 29.2. The number of nitrogens with zero attached hydrogens (tertiary/aromatic N) is 2. The van der Waals surface area contributed by atoms with E-state index in [-0.39, 0.29) is 5.41 Å². The molecule has 2 heterocycles. The van der Waals surface area contributed by atoms with Gasteiger partial charge in [0.2, 0.25) is 0 Å². The van der Waals surface area contributed by atoms with E-state index in [0.29, 0.717) is 17.2 Å². The predicted molar refractivity (Wildman–Crippen MR) is 162 cm³/mol. The molecule has 1 saturated carbocycles. The van der Waals surface area contributed by atoms with Crippen LogP contribution in [0.25, 0.3) is 11.1 Å². The van der Waals surface area contributed by atoms with Crippen LogP contribution >= 0.6 is 0 Å². The second kappa shape index (κ2) is 12.1. The van der Waals surface area contributed by atoms with Crippen molar-refractivity contribution in [1.82, 2.24) is 4.98 Å². The van der Waals surface area contributed by atoms with Crippen molar-refractivity contribution in [3.63, 3.8) is 0 Å². The van der Waals surface area contributed by atoms with Gasteiger partial charge in [-0.2, -0.15) is 0 Å². The third-order valence-corrected chi connectivity index (χ3v) is 8.73. The largest absolute Gasteiger partial charge is 0.493 e. The molecular formula is C34H50N2O4. The first-order valence-electron chi connectivity index (χ1n) is 15.1. The second-order valence-corrected chi connectivity index (χ2v) is 14.0. The van der Waals surface area contributed by atoms with Crippen LogP contribution in [0.3, 0.4) is 0 Å². The molecular weight excluding hydrogens is 500 g/mol.